The summed E-state index contributed by atoms with van der Waals surface area (Å²) in [6.45, 7) is 2.88. The predicted molar refractivity (Wildman–Crippen MR) is 98.2 cm³/mol. The van der Waals surface area contributed by atoms with Gasteiger partial charge in [-0.3, -0.25) is 9.59 Å². The molecule has 1 aromatic carbocycles. The van der Waals surface area contributed by atoms with Gasteiger partial charge in [-0.05, 0) is 31.4 Å². The van der Waals surface area contributed by atoms with Crippen LogP contribution >= 0.6 is 0 Å². The first-order valence-corrected chi connectivity index (χ1v) is 9.63. The van der Waals surface area contributed by atoms with Gasteiger partial charge in [0.2, 0.25) is 12.0 Å². The van der Waals surface area contributed by atoms with E-state index in [9.17, 15) is 9.59 Å². The Morgan fingerprint density at radius 2 is 1.88 bits per heavy atom. The number of rotatable bonds is 6. The van der Waals surface area contributed by atoms with Gasteiger partial charge in [0.15, 0.2) is 11.5 Å². The van der Waals surface area contributed by atoms with Gasteiger partial charge in [0.05, 0.1) is 0 Å². The molecule has 2 aliphatic rings. The molecular weight excluding hydrogens is 332 g/mol. The molecule has 2 N–H and O–H groups in total. The molecule has 0 radical (unpaired) electrons. The van der Waals surface area contributed by atoms with E-state index < -0.39 is 11.6 Å². The summed E-state index contributed by atoms with van der Waals surface area (Å²) in [4.78, 5) is 25.6. The molecule has 1 aliphatic carbocycles. The van der Waals surface area contributed by atoms with Gasteiger partial charge in [0.1, 0.15) is 12.1 Å². The van der Waals surface area contributed by atoms with Gasteiger partial charge in [-0.1, -0.05) is 44.7 Å². The molecule has 0 aromatic heterocycles. The van der Waals surface area contributed by atoms with E-state index >= 15 is 0 Å². The van der Waals surface area contributed by atoms with Gasteiger partial charge in [0, 0.05) is 6.54 Å². The zero-order valence-corrected chi connectivity index (χ0v) is 15.4. The summed E-state index contributed by atoms with van der Waals surface area (Å²) < 4.78 is 11.4. The number of fused-ring (bicyclic) bond motifs is 1. The molecule has 2 amide bonds. The van der Waals surface area contributed by atoms with Crippen molar-refractivity contribution < 1.29 is 19.1 Å². The summed E-state index contributed by atoms with van der Waals surface area (Å²) in [5.74, 6) is 0.841. The standard InChI is InChI=1S/C20H28N2O4/c1-2-3-13-21-19(24)20(11-7-4-8-12-20)22-18(23)17-14-25-15-9-5-6-10-16(15)26-17/h5-6,9-10,17H,2-4,7-8,11-14H2,1H3,(H,21,24)(H,22,23). The molecule has 0 spiro atoms. The van der Waals surface area contributed by atoms with Crippen LogP contribution in [0.1, 0.15) is 51.9 Å². The molecule has 1 aromatic rings. The molecular formula is C20H28N2O4. The van der Waals surface area contributed by atoms with Crippen LogP contribution in [0, 0.1) is 0 Å². The number of ether oxygens (including phenoxy) is 2. The van der Waals surface area contributed by atoms with Crippen molar-refractivity contribution in [2.75, 3.05) is 13.2 Å². The molecule has 1 atom stereocenters. The first kappa shape index (κ1) is 18.5. The lowest BCUT2D eigenvalue weighted by Crippen LogP contribution is -2.62. The second-order valence-corrected chi connectivity index (χ2v) is 7.11. The Hall–Kier alpha value is -2.24. The van der Waals surface area contributed by atoms with Crippen molar-refractivity contribution in [3.8, 4) is 11.5 Å². The minimum Gasteiger partial charge on any atom is -0.485 e. The number of nitrogens with one attached hydrogen (secondary N) is 2. The van der Waals surface area contributed by atoms with E-state index in [1.807, 2.05) is 18.2 Å². The van der Waals surface area contributed by atoms with Crippen LogP contribution in [0.15, 0.2) is 24.3 Å². The van der Waals surface area contributed by atoms with Crippen LogP contribution in [0.3, 0.4) is 0 Å². The smallest absolute Gasteiger partial charge is 0.265 e. The fourth-order valence-corrected chi connectivity index (χ4v) is 3.58. The highest BCUT2D eigenvalue weighted by Crippen LogP contribution is 2.32. The fourth-order valence-electron chi connectivity index (χ4n) is 3.58. The molecule has 1 fully saturated rings. The summed E-state index contributed by atoms with van der Waals surface area (Å²) in [6.07, 6.45) is 5.52. The third-order valence-electron chi connectivity index (χ3n) is 5.12. The number of carbonyl (C=O) groups is 2. The normalized spacial score (nSPS) is 20.9. The summed E-state index contributed by atoms with van der Waals surface area (Å²) >= 11 is 0. The number of hydrogen-bond acceptors (Lipinski definition) is 4. The summed E-state index contributed by atoms with van der Waals surface area (Å²) in [5, 5.41) is 6.00. The molecule has 26 heavy (non-hydrogen) atoms. The number of unbranched alkanes of at least 4 members (excludes halogenated alkanes) is 1. The summed E-state index contributed by atoms with van der Waals surface area (Å²) in [6, 6.07) is 7.29. The lowest BCUT2D eigenvalue weighted by atomic mass is 9.80. The Balaban J connectivity index is 1.67. The average molecular weight is 360 g/mol. The molecule has 1 heterocycles. The van der Waals surface area contributed by atoms with Crippen molar-refractivity contribution in [3.05, 3.63) is 24.3 Å². The van der Waals surface area contributed by atoms with Crippen molar-refractivity contribution in [2.45, 2.75) is 63.5 Å². The molecule has 1 saturated carbocycles. The van der Waals surface area contributed by atoms with Crippen LogP contribution in [-0.2, 0) is 9.59 Å². The third-order valence-corrected chi connectivity index (χ3v) is 5.12. The number of benzene rings is 1. The Labute approximate surface area is 154 Å². The number of para-hydroxylation sites is 2. The zero-order chi connectivity index (χ0) is 18.4. The minimum atomic E-state index is -0.830. The van der Waals surface area contributed by atoms with Crippen LogP contribution in [-0.4, -0.2) is 36.6 Å². The Bertz CT molecular complexity index is 640. The Morgan fingerprint density at radius 3 is 2.62 bits per heavy atom. The highest BCUT2D eigenvalue weighted by molar-refractivity contribution is 5.93. The van der Waals surface area contributed by atoms with E-state index in [2.05, 4.69) is 17.6 Å². The molecule has 1 aliphatic heterocycles. The number of carbonyl (C=O) groups excluding carboxylic acids is 2. The van der Waals surface area contributed by atoms with Crippen LogP contribution in [0.25, 0.3) is 0 Å². The second-order valence-electron chi connectivity index (χ2n) is 7.11. The third kappa shape index (κ3) is 4.11. The highest BCUT2D eigenvalue weighted by Gasteiger charge is 2.42. The number of amides is 2. The van der Waals surface area contributed by atoms with Gasteiger partial charge in [-0.25, -0.2) is 0 Å². The van der Waals surface area contributed by atoms with Crippen LogP contribution < -0.4 is 20.1 Å². The van der Waals surface area contributed by atoms with Gasteiger partial charge < -0.3 is 20.1 Å². The number of hydrogen-bond donors (Lipinski definition) is 2. The molecule has 0 bridgehead atoms. The topological polar surface area (TPSA) is 76.7 Å². The van der Waals surface area contributed by atoms with E-state index in [4.69, 9.17) is 9.47 Å². The monoisotopic (exact) mass is 360 g/mol. The molecule has 0 saturated heterocycles. The van der Waals surface area contributed by atoms with Crippen LogP contribution in [0.5, 0.6) is 11.5 Å². The van der Waals surface area contributed by atoms with Gasteiger partial charge in [-0.2, -0.15) is 0 Å². The van der Waals surface area contributed by atoms with E-state index in [1.165, 1.54) is 0 Å². The maximum atomic E-state index is 12.8. The SMILES string of the molecule is CCCCNC(=O)C1(NC(=O)C2COc3ccccc3O2)CCCCC1. The largest absolute Gasteiger partial charge is 0.485 e. The summed E-state index contributed by atoms with van der Waals surface area (Å²) in [7, 11) is 0. The summed E-state index contributed by atoms with van der Waals surface area (Å²) in [5.41, 5.74) is -0.830. The van der Waals surface area contributed by atoms with Crippen molar-refractivity contribution >= 4 is 11.8 Å². The molecule has 6 nitrogen and oxygen atoms in total. The van der Waals surface area contributed by atoms with E-state index in [0.29, 0.717) is 30.9 Å². The fraction of sp³-hybridized carbons (Fsp3) is 0.600. The first-order valence-electron chi connectivity index (χ1n) is 9.63. The second kappa shape index (κ2) is 8.43. The van der Waals surface area contributed by atoms with Crippen molar-refractivity contribution in [1.82, 2.24) is 10.6 Å². The molecule has 1 unspecified atom stereocenters. The maximum Gasteiger partial charge on any atom is 0.265 e. The maximum absolute atomic E-state index is 12.8. The zero-order valence-electron chi connectivity index (χ0n) is 15.4. The minimum absolute atomic E-state index is 0.0730. The van der Waals surface area contributed by atoms with Crippen LogP contribution in [0.2, 0.25) is 0 Å². The van der Waals surface area contributed by atoms with Gasteiger partial charge >= 0.3 is 0 Å². The Kier molecular flexibility index (Phi) is 6.01. The van der Waals surface area contributed by atoms with E-state index in [1.54, 1.807) is 6.07 Å². The quantitative estimate of drug-likeness (QED) is 0.765. The van der Waals surface area contributed by atoms with Crippen molar-refractivity contribution in [3.63, 3.8) is 0 Å². The predicted octanol–water partition coefficient (Wildman–Crippen LogP) is 2.56. The Morgan fingerprint density at radius 1 is 1.15 bits per heavy atom. The van der Waals surface area contributed by atoms with E-state index in [-0.39, 0.29) is 18.4 Å². The van der Waals surface area contributed by atoms with Crippen molar-refractivity contribution in [1.29, 1.82) is 0 Å². The van der Waals surface area contributed by atoms with Crippen molar-refractivity contribution in [2.24, 2.45) is 0 Å². The average Bonchev–Trinajstić information content (AvgIpc) is 2.68. The van der Waals surface area contributed by atoms with Gasteiger partial charge in [0.25, 0.3) is 5.91 Å². The highest BCUT2D eigenvalue weighted by atomic mass is 16.6. The lowest BCUT2D eigenvalue weighted by Gasteiger charge is -2.38. The molecule has 3 rings (SSSR count). The molecule has 142 valence electrons. The van der Waals surface area contributed by atoms with Gasteiger partial charge in [-0.15, -0.1) is 0 Å². The van der Waals surface area contributed by atoms with E-state index in [0.717, 1.165) is 32.1 Å². The van der Waals surface area contributed by atoms with Crippen LogP contribution in [0.4, 0.5) is 0 Å². The molecule has 6 heteroatoms. The lowest BCUT2D eigenvalue weighted by molar-refractivity contribution is -0.139. The first-order chi connectivity index (χ1) is 12.6.